The van der Waals surface area contributed by atoms with Crippen molar-refractivity contribution in [3.05, 3.63) is 48.2 Å². The number of rotatable bonds is 2. The van der Waals surface area contributed by atoms with Crippen LogP contribution in [0.1, 0.15) is 24.8 Å². The Morgan fingerprint density at radius 1 is 1.33 bits per heavy atom. The summed E-state index contributed by atoms with van der Waals surface area (Å²) >= 11 is 0. The predicted octanol–water partition coefficient (Wildman–Crippen LogP) is 2.45. The predicted molar refractivity (Wildman–Crippen MR) is 59.5 cm³/mol. The summed E-state index contributed by atoms with van der Waals surface area (Å²) in [6.07, 6.45) is 3.68. The molecule has 0 bridgehead atoms. The number of benzene rings is 1. The molecule has 1 aromatic carbocycles. The Hall–Kier alpha value is -1.28. The Kier molecular flexibility index (Phi) is 3.07. The van der Waals surface area contributed by atoms with Gasteiger partial charge in [-0.2, -0.15) is 0 Å². The van der Waals surface area contributed by atoms with E-state index in [2.05, 4.69) is 19.1 Å². The summed E-state index contributed by atoms with van der Waals surface area (Å²) in [6.45, 7) is 2.13. The first-order valence-electron chi connectivity index (χ1n) is 5.32. The van der Waals surface area contributed by atoms with Crippen molar-refractivity contribution in [1.29, 1.82) is 0 Å². The van der Waals surface area contributed by atoms with Crippen molar-refractivity contribution in [3.63, 3.8) is 0 Å². The third-order valence-electron chi connectivity index (χ3n) is 2.91. The molecule has 3 atom stereocenters. The number of ether oxygens (including phenoxy) is 1. The zero-order valence-corrected chi connectivity index (χ0v) is 8.84. The number of aliphatic hydroxyl groups excluding tert-OH is 1. The van der Waals surface area contributed by atoms with Crippen molar-refractivity contribution in [2.75, 3.05) is 0 Å². The summed E-state index contributed by atoms with van der Waals surface area (Å²) in [5.74, 6) is 0.311. The molecule has 0 radical (unpaired) electrons. The van der Waals surface area contributed by atoms with Crippen molar-refractivity contribution in [2.45, 2.75) is 31.5 Å². The summed E-state index contributed by atoms with van der Waals surface area (Å²) in [5, 5.41) is 9.51. The summed E-state index contributed by atoms with van der Waals surface area (Å²) in [4.78, 5) is 0. The van der Waals surface area contributed by atoms with Crippen LogP contribution in [0, 0.1) is 0 Å². The topological polar surface area (TPSA) is 29.5 Å². The smallest absolute Gasteiger partial charge is 0.107 e. The molecule has 0 saturated carbocycles. The van der Waals surface area contributed by atoms with Crippen LogP contribution in [0.3, 0.4) is 0 Å². The highest BCUT2D eigenvalue weighted by Crippen LogP contribution is 2.26. The van der Waals surface area contributed by atoms with Gasteiger partial charge in [-0.3, -0.25) is 0 Å². The van der Waals surface area contributed by atoms with Gasteiger partial charge in [-0.1, -0.05) is 37.3 Å². The summed E-state index contributed by atoms with van der Waals surface area (Å²) < 4.78 is 5.52. The molecule has 0 spiro atoms. The van der Waals surface area contributed by atoms with E-state index in [1.807, 2.05) is 18.2 Å². The van der Waals surface area contributed by atoms with Crippen molar-refractivity contribution in [2.24, 2.45) is 0 Å². The summed E-state index contributed by atoms with van der Waals surface area (Å²) in [6, 6.07) is 10.3. The Labute approximate surface area is 90.2 Å². The van der Waals surface area contributed by atoms with E-state index in [4.69, 9.17) is 4.74 Å². The fourth-order valence-corrected chi connectivity index (χ4v) is 1.90. The molecule has 2 unspecified atom stereocenters. The fraction of sp³-hybridized carbons (Fsp3) is 0.385. The van der Waals surface area contributed by atoms with Gasteiger partial charge in [0.1, 0.15) is 6.10 Å². The van der Waals surface area contributed by atoms with E-state index in [9.17, 15) is 5.11 Å². The minimum Gasteiger partial charge on any atom is -0.498 e. The maximum atomic E-state index is 9.51. The van der Waals surface area contributed by atoms with Crippen LogP contribution in [0.5, 0.6) is 0 Å². The second-order valence-electron chi connectivity index (χ2n) is 4.01. The molecule has 0 aromatic heterocycles. The first-order chi connectivity index (χ1) is 7.27. The molecule has 1 aromatic rings. The number of hydrogen-bond donors (Lipinski definition) is 1. The van der Waals surface area contributed by atoms with E-state index >= 15 is 0 Å². The maximum Gasteiger partial charge on any atom is 0.107 e. The average molecular weight is 204 g/mol. The first-order valence-corrected chi connectivity index (χ1v) is 5.32. The molecule has 1 aliphatic heterocycles. The molecule has 1 aliphatic rings. The zero-order chi connectivity index (χ0) is 10.7. The molecule has 0 saturated heterocycles. The van der Waals surface area contributed by atoms with Crippen LogP contribution in [0.2, 0.25) is 0 Å². The third-order valence-corrected chi connectivity index (χ3v) is 2.91. The number of aliphatic hydroxyl groups is 1. The van der Waals surface area contributed by atoms with Gasteiger partial charge in [-0.25, -0.2) is 0 Å². The number of hydrogen-bond acceptors (Lipinski definition) is 2. The van der Waals surface area contributed by atoms with Crippen LogP contribution < -0.4 is 0 Å². The Balaban J connectivity index is 2.08. The molecule has 1 heterocycles. The van der Waals surface area contributed by atoms with Gasteiger partial charge in [0.2, 0.25) is 0 Å². The van der Waals surface area contributed by atoms with E-state index in [0.29, 0.717) is 12.3 Å². The molecular weight excluding hydrogens is 188 g/mol. The molecule has 2 nitrogen and oxygen atoms in total. The highest BCUT2D eigenvalue weighted by atomic mass is 16.5. The molecule has 2 heteroatoms. The molecule has 80 valence electrons. The van der Waals surface area contributed by atoms with E-state index in [-0.39, 0.29) is 12.2 Å². The monoisotopic (exact) mass is 204 g/mol. The second kappa shape index (κ2) is 4.49. The lowest BCUT2D eigenvalue weighted by Crippen LogP contribution is -2.26. The van der Waals surface area contributed by atoms with Crippen LogP contribution in [0.15, 0.2) is 42.7 Å². The minimum absolute atomic E-state index is 0.0763. The molecule has 0 fully saturated rings. The average Bonchev–Trinajstić information content (AvgIpc) is 2.29. The van der Waals surface area contributed by atoms with Crippen LogP contribution in [0.4, 0.5) is 0 Å². The van der Waals surface area contributed by atoms with E-state index < -0.39 is 0 Å². The lowest BCUT2D eigenvalue weighted by Gasteiger charge is -2.28. The van der Waals surface area contributed by atoms with Gasteiger partial charge < -0.3 is 9.84 Å². The molecule has 2 rings (SSSR count). The van der Waals surface area contributed by atoms with Gasteiger partial charge in [-0.15, -0.1) is 0 Å². The highest BCUT2D eigenvalue weighted by Gasteiger charge is 2.24. The molecular formula is C13H16O2. The van der Waals surface area contributed by atoms with E-state index in [1.165, 1.54) is 5.56 Å². The maximum absolute atomic E-state index is 9.51. The minimum atomic E-state index is -0.366. The van der Waals surface area contributed by atoms with Crippen LogP contribution in [-0.2, 0) is 4.74 Å². The van der Waals surface area contributed by atoms with E-state index in [0.717, 1.165) is 0 Å². The Morgan fingerprint density at radius 2 is 2.07 bits per heavy atom. The van der Waals surface area contributed by atoms with Crippen LogP contribution in [-0.4, -0.2) is 17.3 Å². The Morgan fingerprint density at radius 3 is 2.73 bits per heavy atom. The highest BCUT2D eigenvalue weighted by molar-refractivity contribution is 5.20. The van der Waals surface area contributed by atoms with Crippen molar-refractivity contribution < 1.29 is 9.84 Å². The quantitative estimate of drug-likeness (QED) is 0.801. The van der Waals surface area contributed by atoms with Gasteiger partial charge in [0.15, 0.2) is 0 Å². The molecule has 15 heavy (non-hydrogen) atoms. The van der Waals surface area contributed by atoms with Crippen LogP contribution in [0.25, 0.3) is 0 Å². The largest absolute Gasteiger partial charge is 0.498 e. The van der Waals surface area contributed by atoms with Crippen molar-refractivity contribution >= 4 is 0 Å². The standard InChI is InChI=1S/C13H16O2/c1-10(11-5-3-2-4-6-11)13-9-12(14)7-8-15-13/h2-8,10,12-14H,9H2,1H3/t10?,12?,13-/m1/s1. The zero-order valence-electron chi connectivity index (χ0n) is 8.84. The lowest BCUT2D eigenvalue weighted by atomic mass is 9.91. The molecule has 1 N–H and O–H groups in total. The first kappa shape index (κ1) is 10.2. The van der Waals surface area contributed by atoms with Gasteiger partial charge in [0.25, 0.3) is 0 Å². The van der Waals surface area contributed by atoms with Gasteiger partial charge in [0, 0.05) is 12.3 Å². The van der Waals surface area contributed by atoms with Gasteiger partial charge in [-0.05, 0) is 11.6 Å². The normalized spacial score (nSPS) is 27.1. The lowest BCUT2D eigenvalue weighted by molar-refractivity contribution is 0.0502. The Bertz CT molecular complexity index is 332. The second-order valence-corrected chi connectivity index (χ2v) is 4.01. The van der Waals surface area contributed by atoms with Crippen molar-refractivity contribution in [3.8, 4) is 0 Å². The molecule has 0 aliphatic carbocycles. The van der Waals surface area contributed by atoms with Gasteiger partial charge >= 0.3 is 0 Å². The van der Waals surface area contributed by atoms with Crippen LogP contribution >= 0.6 is 0 Å². The van der Waals surface area contributed by atoms with E-state index in [1.54, 1.807) is 12.3 Å². The summed E-state index contributed by atoms with van der Waals surface area (Å²) in [5.41, 5.74) is 1.25. The molecule has 0 amide bonds. The van der Waals surface area contributed by atoms with Gasteiger partial charge in [0.05, 0.1) is 12.4 Å². The third kappa shape index (κ3) is 2.39. The van der Waals surface area contributed by atoms with Crippen molar-refractivity contribution in [1.82, 2.24) is 0 Å². The fourth-order valence-electron chi connectivity index (χ4n) is 1.90. The SMILES string of the molecule is CC(c1ccccc1)[C@H]1CC(O)C=CO1. The summed E-state index contributed by atoms with van der Waals surface area (Å²) in [7, 11) is 0.